The number of hydrogen-bond donors (Lipinski definition) is 1. The van der Waals surface area contributed by atoms with Gasteiger partial charge in [-0.05, 0) is 30.8 Å². The zero-order chi connectivity index (χ0) is 11.4. The van der Waals surface area contributed by atoms with Crippen LogP contribution >= 0.6 is 0 Å². The Morgan fingerprint density at radius 2 is 2.06 bits per heavy atom. The highest BCUT2D eigenvalue weighted by molar-refractivity contribution is 5.96. The number of ketones is 1. The molecule has 0 saturated carbocycles. The summed E-state index contributed by atoms with van der Waals surface area (Å²) in [5.41, 5.74) is 6.01. The molecule has 16 heavy (non-hydrogen) atoms. The van der Waals surface area contributed by atoms with Crippen LogP contribution in [0, 0.1) is 0 Å². The Balaban J connectivity index is 1.95. The number of hydrogen-bond acceptors (Lipinski definition) is 4. The number of Topliss-reactive ketones (excluding diaryl/α,β-unsaturated/α-hetero) is 1. The van der Waals surface area contributed by atoms with E-state index in [9.17, 15) is 4.79 Å². The minimum Gasteiger partial charge on any atom is -0.486 e. The molecule has 1 heterocycles. The maximum atomic E-state index is 11.5. The average molecular weight is 221 g/mol. The smallest absolute Gasteiger partial charge is 0.164 e. The van der Waals surface area contributed by atoms with Gasteiger partial charge in [0.1, 0.15) is 11.9 Å². The second-order valence-corrected chi connectivity index (χ2v) is 3.76. The van der Waals surface area contributed by atoms with E-state index < -0.39 is 0 Å². The lowest BCUT2D eigenvalue weighted by Gasteiger charge is -2.26. The van der Waals surface area contributed by atoms with Crippen molar-refractivity contribution < 1.29 is 14.3 Å². The third-order valence-electron chi connectivity index (χ3n) is 2.46. The molecule has 0 bridgehead atoms. The molecule has 1 aliphatic heterocycles. The van der Waals surface area contributed by atoms with Crippen molar-refractivity contribution in [2.45, 2.75) is 12.5 Å². The number of carbonyl (C=O) groups is 1. The van der Waals surface area contributed by atoms with E-state index in [-0.39, 0.29) is 11.9 Å². The topological polar surface area (TPSA) is 61.6 Å². The summed E-state index contributed by atoms with van der Waals surface area (Å²) in [4.78, 5) is 11.5. The number of nitrogens with two attached hydrogens (primary N) is 1. The van der Waals surface area contributed by atoms with Gasteiger partial charge in [0.25, 0.3) is 0 Å². The molecule has 0 aromatic heterocycles. The Labute approximate surface area is 94.3 Å². The van der Waals surface area contributed by atoms with E-state index in [4.69, 9.17) is 15.2 Å². The fourth-order valence-electron chi connectivity index (χ4n) is 1.47. The van der Waals surface area contributed by atoms with E-state index in [1.165, 1.54) is 0 Å². The largest absolute Gasteiger partial charge is 0.486 e. The van der Waals surface area contributed by atoms with Crippen LogP contribution in [-0.2, 0) is 4.74 Å². The molecular formula is C12H15NO3. The Morgan fingerprint density at radius 1 is 1.38 bits per heavy atom. The molecular weight excluding hydrogens is 206 g/mol. The lowest BCUT2D eigenvalue weighted by atomic mass is 10.1. The van der Waals surface area contributed by atoms with Crippen molar-refractivity contribution in [3.8, 4) is 5.75 Å². The van der Waals surface area contributed by atoms with Crippen LogP contribution in [0.1, 0.15) is 16.8 Å². The van der Waals surface area contributed by atoms with E-state index in [1.54, 1.807) is 12.1 Å². The SMILES string of the molecule is NCCC(=O)c1ccc(OC2COC2)cc1. The van der Waals surface area contributed by atoms with Crippen LogP contribution in [-0.4, -0.2) is 31.6 Å². The minimum absolute atomic E-state index is 0.0704. The number of benzene rings is 1. The molecule has 0 atom stereocenters. The Hall–Kier alpha value is -1.39. The molecule has 2 rings (SSSR count). The molecule has 0 unspecified atom stereocenters. The lowest BCUT2D eigenvalue weighted by Crippen LogP contribution is -2.38. The molecule has 1 aromatic rings. The summed E-state index contributed by atoms with van der Waals surface area (Å²) >= 11 is 0. The van der Waals surface area contributed by atoms with E-state index >= 15 is 0 Å². The summed E-state index contributed by atoms with van der Waals surface area (Å²) in [5, 5.41) is 0. The fourth-order valence-corrected chi connectivity index (χ4v) is 1.47. The Bertz CT molecular complexity index is 357. The van der Waals surface area contributed by atoms with Gasteiger partial charge in [-0.15, -0.1) is 0 Å². The number of ether oxygens (including phenoxy) is 2. The van der Waals surface area contributed by atoms with Gasteiger partial charge in [0.05, 0.1) is 13.2 Å². The van der Waals surface area contributed by atoms with Crippen LogP contribution < -0.4 is 10.5 Å². The van der Waals surface area contributed by atoms with Crippen LogP contribution in [0.4, 0.5) is 0 Å². The van der Waals surface area contributed by atoms with Gasteiger partial charge in [-0.1, -0.05) is 0 Å². The van der Waals surface area contributed by atoms with Crippen LogP contribution in [0.25, 0.3) is 0 Å². The standard InChI is InChI=1S/C12H15NO3/c13-6-5-12(14)9-1-3-10(4-2-9)16-11-7-15-8-11/h1-4,11H,5-8,13H2. The van der Waals surface area contributed by atoms with Crippen LogP contribution in [0.15, 0.2) is 24.3 Å². The number of carbonyl (C=O) groups excluding carboxylic acids is 1. The van der Waals surface area contributed by atoms with Crippen LogP contribution in [0.2, 0.25) is 0 Å². The van der Waals surface area contributed by atoms with E-state index in [1.807, 2.05) is 12.1 Å². The molecule has 1 aromatic carbocycles. The van der Waals surface area contributed by atoms with Crippen molar-refractivity contribution in [3.63, 3.8) is 0 Å². The molecule has 0 radical (unpaired) electrons. The molecule has 4 nitrogen and oxygen atoms in total. The molecule has 0 spiro atoms. The van der Waals surface area contributed by atoms with Crippen molar-refractivity contribution in [1.29, 1.82) is 0 Å². The highest BCUT2D eigenvalue weighted by Gasteiger charge is 2.19. The van der Waals surface area contributed by atoms with Crippen LogP contribution in [0.3, 0.4) is 0 Å². The average Bonchev–Trinajstić information content (AvgIpc) is 2.25. The maximum Gasteiger partial charge on any atom is 0.164 e. The van der Waals surface area contributed by atoms with Gasteiger partial charge in [0.2, 0.25) is 0 Å². The second-order valence-electron chi connectivity index (χ2n) is 3.76. The Morgan fingerprint density at radius 3 is 2.56 bits per heavy atom. The molecule has 86 valence electrons. The molecule has 0 aliphatic carbocycles. The molecule has 1 fully saturated rings. The summed E-state index contributed by atoms with van der Waals surface area (Å²) < 4.78 is 10.6. The summed E-state index contributed by atoms with van der Waals surface area (Å²) in [6.45, 7) is 1.68. The summed E-state index contributed by atoms with van der Waals surface area (Å²) in [5.74, 6) is 0.846. The zero-order valence-corrected chi connectivity index (χ0v) is 9.02. The van der Waals surface area contributed by atoms with Crippen molar-refractivity contribution in [1.82, 2.24) is 0 Å². The molecule has 1 saturated heterocycles. The predicted molar refractivity (Wildman–Crippen MR) is 59.7 cm³/mol. The van der Waals surface area contributed by atoms with Gasteiger partial charge in [0.15, 0.2) is 5.78 Å². The highest BCUT2D eigenvalue weighted by Crippen LogP contribution is 2.17. The van der Waals surface area contributed by atoms with Gasteiger partial charge >= 0.3 is 0 Å². The maximum absolute atomic E-state index is 11.5. The summed E-state index contributed by atoms with van der Waals surface area (Å²) in [6, 6.07) is 7.16. The number of rotatable bonds is 5. The van der Waals surface area contributed by atoms with Gasteiger partial charge in [-0.25, -0.2) is 0 Å². The monoisotopic (exact) mass is 221 g/mol. The third-order valence-corrected chi connectivity index (χ3v) is 2.46. The fraction of sp³-hybridized carbons (Fsp3) is 0.417. The van der Waals surface area contributed by atoms with E-state index in [0.717, 1.165) is 5.75 Å². The molecule has 1 aliphatic rings. The van der Waals surface area contributed by atoms with E-state index in [0.29, 0.717) is 31.7 Å². The second kappa shape index (κ2) is 5.09. The van der Waals surface area contributed by atoms with Gasteiger partial charge < -0.3 is 15.2 Å². The molecule has 2 N–H and O–H groups in total. The van der Waals surface area contributed by atoms with Crippen LogP contribution in [0.5, 0.6) is 5.75 Å². The van der Waals surface area contributed by atoms with Crippen molar-refractivity contribution >= 4 is 5.78 Å². The first-order valence-corrected chi connectivity index (χ1v) is 5.37. The Kier molecular flexibility index (Phi) is 3.54. The first-order valence-electron chi connectivity index (χ1n) is 5.37. The van der Waals surface area contributed by atoms with Crippen molar-refractivity contribution in [2.75, 3.05) is 19.8 Å². The summed E-state index contributed by atoms with van der Waals surface area (Å²) in [7, 11) is 0. The minimum atomic E-state index is 0.0704. The first kappa shape index (κ1) is 11.1. The first-order chi connectivity index (χ1) is 7.79. The van der Waals surface area contributed by atoms with Gasteiger partial charge in [-0.2, -0.15) is 0 Å². The van der Waals surface area contributed by atoms with Crippen molar-refractivity contribution in [2.24, 2.45) is 5.73 Å². The quantitative estimate of drug-likeness (QED) is 0.753. The highest BCUT2D eigenvalue weighted by atomic mass is 16.6. The van der Waals surface area contributed by atoms with Gasteiger partial charge in [0, 0.05) is 12.0 Å². The van der Waals surface area contributed by atoms with Gasteiger partial charge in [-0.3, -0.25) is 4.79 Å². The third kappa shape index (κ3) is 2.59. The predicted octanol–water partition coefficient (Wildman–Crippen LogP) is 0.996. The normalized spacial score (nSPS) is 15.6. The summed E-state index contributed by atoms with van der Waals surface area (Å²) in [6.07, 6.45) is 0.544. The lowest BCUT2D eigenvalue weighted by molar-refractivity contribution is -0.0796. The van der Waals surface area contributed by atoms with Crippen molar-refractivity contribution in [3.05, 3.63) is 29.8 Å². The van der Waals surface area contributed by atoms with E-state index in [2.05, 4.69) is 0 Å². The molecule has 0 amide bonds. The zero-order valence-electron chi connectivity index (χ0n) is 9.02. The molecule has 4 heteroatoms.